The molecule has 10 heteroatoms. The quantitative estimate of drug-likeness (QED) is 0.686. The molecular formula is C11H6Br2ClNO4S2. The summed E-state index contributed by atoms with van der Waals surface area (Å²) in [5.74, 6) is -1.17. The molecule has 1 aromatic carbocycles. The van der Waals surface area contributed by atoms with E-state index >= 15 is 0 Å². The minimum atomic E-state index is -3.88. The Balaban J connectivity index is 2.43. The first-order valence-electron chi connectivity index (χ1n) is 5.21. The van der Waals surface area contributed by atoms with Crippen LogP contribution < -0.4 is 4.72 Å². The minimum Gasteiger partial charge on any atom is -0.478 e. The molecule has 0 fully saturated rings. The summed E-state index contributed by atoms with van der Waals surface area (Å²) in [5, 5.41) is 9.04. The molecule has 5 nitrogen and oxygen atoms in total. The van der Waals surface area contributed by atoms with E-state index in [0.29, 0.717) is 7.57 Å². The molecule has 1 heterocycles. The van der Waals surface area contributed by atoms with Gasteiger partial charge in [-0.2, -0.15) is 0 Å². The average molecular weight is 476 g/mol. The molecule has 1 aromatic heterocycles. The number of thiophene rings is 1. The molecular weight excluding hydrogens is 470 g/mol. The van der Waals surface area contributed by atoms with Crippen LogP contribution in [0.25, 0.3) is 0 Å². The summed E-state index contributed by atoms with van der Waals surface area (Å²) < 4.78 is 28.0. The van der Waals surface area contributed by atoms with E-state index < -0.39 is 16.0 Å². The van der Waals surface area contributed by atoms with Gasteiger partial charge < -0.3 is 5.11 Å². The summed E-state index contributed by atoms with van der Waals surface area (Å²) >= 11 is 13.5. The SMILES string of the molecule is O=C(O)c1ccc(Cl)c(NS(=O)(=O)c2cc(Br)sc2Br)c1. The van der Waals surface area contributed by atoms with Gasteiger partial charge in [0, 0.05) is 0 Å². The van der Waals surface area contributed by atoms with Gasteiger partial charge in [-0.1, -0.05) is 11.6 Å². The maximum absolute atomic E-state index is 12.3. The summed E-state index contributed by atoms with van der Waals surface area (Å²) in [6.45, 7) is 0. The molecule has 0 bridgehead atoms. The third kappa shape index (κ3) is 3.78. The van der Waals surface area contributed by atoms with Crippen molar-refractivity contribution in [1.29, 1.82) is 0 Å². The van der Waals surface area contributed by atoms with Gasteiger partial charge in [-0.05, 0) is 56.1 Å². The number of halogens is 3. The third-order valence-corrected chi connectivity index (χ3v) is 6.82. The molecule has 21 heavy (non-hydrogen) atoms. The van der Waals surface area contributed by atoms with E-state index in [0.717, 1.165) is 6.07 Å². The monoisotopic (exact) mass is 473 g/mol. The van der Waals surface area contributed by atoms with Gasteiger partial charge >= 0.3 is 5.97 Å². The molecule has 0 saturated heterocycles. The second-order valence-corrected chi connectivity index (χ2v) is 9.60. The van der Waals surface area contributed by atoms with Crippen LogP contribution in [0.4, 0.5) is 5.69 Å². The average Bonchev–Trinajstić information content (AvgIpc) is 2.71. The molecule has 0 saturated carbocycles. The van der Waals surface area contributed by atoms with Crippen molar-refractivity contribution >= 4 is 76.5 Å². The van der Waals surface area contributed by atoms with Crippen molar-refractivity contribution in [3.05, 3.63) is 42.4 Å². The highest BCUT2D eigenvalue weighted by molar-refractivity contribution is 9.12. The van der Waals surface area contributed by atoms with Crippen LogP contribution in [0.1, 0.15) is 10.4 Å². The van der Waals surface area contributed by atoms with Crippen molar-refractivity contribution < 1.29 is 18.3 Å². The number of carboxylic acid groups (broad SMARTS) is 1. The van der Waals surface area contributed by atoms with Crippen molar-refractivity contribution in [2.75, 3.05) is 4.72 Å². The second kappa shape index (κ2) is 6.25. The van der Waals surface area contributed by atoms with Gasteiger partial charge in [-0.25, -0.2) is 13.2 Å². The van der Waals surface area contributed by atoms with Gasteiger partial charge in [-0.3, -0.25) is 4.72 Å². The van der Waals surface area contributed by atoms with Crippen molar-refractivity contribution in [1.82, 2.24) is 0 Å². The smallest absolute Gasteiger partial charge is 0.335 e. The van der Waals surface area contributed by atoms with Crippen LogP contribution in [0.15, 0.2) is 36.7 Å². The van der Waals surface area contributed by atoms with E-state index in [9.17, 15) is 13.2 Å². The van der Waals surface area contributed by atoms with E-state index in [1.54, 1.807) is 0 Å². The van der Waals surface area contributed by atoms with Crippen LogP contribution >= 0.6 is 54.8 Å². The van der Waals surface area contributed by atoms with Crippen LogP contribution in [0.3, 0.4) is 0 Å². The first-order valence-corrected chi connectivity index (χ1v) is 9.47. The predicted octanol–water partition coefficient (Wildman–Crippen LogP) is 4.43. The fourth-order valence-corrected chi connectivity index (χ4v) is 6.55. The topological polar surface area (TPSA) is 83.5 Å². The molecule has 0 unspecified atom stereocenters. The number of benzene rings is 1. The number of nitrogens with one attached hydrogen (secondary N) is 1. The number of carboxylic acids is 1. The summed E-state index contributed by atoms with van der Waals surface area (Å²) in [6, 6.07) is 5.21. The van der Waals surface area contributed by atoms with Crippen LogP contribution in [0.2, 0.25) is 5.02 Å². The first-order chi connectivity index (χ1) is 9.70. The Bertz CT molecular complexity index is 820. The van der Waals surface area contributed by atoms with Crippen LogP contribution in [-0.2, 0) is 10.0 Å². The maximum atomic E-state index is 12.3. The molecule has 0 spiro atoms. The Hall–Kier alpha value is -0.610. The van der Waals surface area contributed by atoms with Crippen LogP contribution in [0.5, 0.6) is 0 Å². The molecule has 2 N–H and O–H groups in total. The van der Waals surface area contributed by atoms with E-state index in [4.69, 9.17) is 16.7 Å². The number of aromatic carboxylic acids is 1. The van der Waals surface area contributed by atoms with Gasteiger partial charge in [0.15, 0.2) is 0 Å². The van der Waals surface area contributed by atoms with Gasteiger partial charge in [0.1, 0.15) is 4.90 Å². The molecule has 0 atom stereocenters. The van der Waals surface area contributed by atoms with E-state index in [2.05, 4.69) is 36.6 Å². The first kappa shape index (κ1) is 16.8. The van der Waals surface area contributed by atoms with Crippen molar-refractivity contribution in [2.45, 2.75) is 4.90 Å². The zero-order valence-electron chi connectivity index (χ0n) is 9.93. The third-order valence-electron chi connectivity index (χ3n) is 2.37. The standard InChI is InChI=1S/C11H6Br2ClNO4S2/c12-9-4-8(10(13)20-9)21(18,19)15-7-3-5(11(16)17)1-2-6(7)14/h1-4,15H,(H,16,17). The van der Waals surface area contributed by atoms with E-state index in [1.807, 2.05) is 0 Å². The van der Waals surface area contributed by atoms with Crippen molar-refractivity contribution in [3.63, 3.8) is 0 Å². The number of hydrogen-bond acceptors (Lipinski definition) is 4. The zero-order valence-corrected chi connectivity index (χ0v) is 15.5. The fourth-order valence-electron chi connectivity index (χ4n) is 1.44. The number of anilines is 1. The largest absolute Gasteiger partial charge is 0.478 e. The lowest BCUT2D eigenvalue weighted by molar-refractivity contribution is 0.0697. The highest BCUT2D eigenvalue weighted by Gasteiger charge is 2.22. The van der Waals surface area contributed by atoms with E-state index in [-0.39, 0.29) is 21.2 Å². The van der Waals surface area contributed by atoms with Gasteiger partial charge in [0.25, 0.3) is 10.0 Å². The number of hydrogen-bond donors (Lipinski definition) is 2. The lowest BCUT2D eigenvalue weighted by Crippen LogP contribution is -2.13. The Morgan fingerprint density at radius 1 is 1.29 bits per heavy atom. The highest BCUT2D eigenvalue weighted by Crippen LogP contribution is 2.36. The molecule has 0 aliphatic rings. The predicted molar refractivity (Wildman–Crippen MR) is 88.9 cm³/mol. The van der Waals surface area contributed by atoms with Gasteiger partial charge in [-0.15, -0.1) is 11.3 Å². The molecule has 0 aliphatic heterocycles. The van der Waals surface area contributed by atoms with Crippen LogP contribution in [-0.4, -0.2) is 19.5 Å². The number of carbonyl (C=O) groups is 1. The Labute approximate surface area is 146 Å². The lowest BCUT2D eigenvalue weighted by atomic mass is 10.2. The van der Waals surface area contributed by atoms with Crippen LogP contribution in [0, 0.1) is 0 Å². The lowest BCUT2D eigenvalue weighted by Gasteiger charge is -2.09. The molecule has 112 valence electrons. The van der Waals surface area contributed by atoms with Gasteiger partial charge in [0.05, 0.1) is 23.8 Å². The zero-order chi connectivity index (χ0) is 15.8. The van der Waals surface area contributed by atoms with E-state index in [1.165, 1.54) is 29.5 Å². The Morgan fingerprint density at radius 2 is 1.95 bits per heavy atom. The molecule has 0 aliphatic carbocycles. The van der Waals surface area contributed by atoms with Gasteiger partial charge in [0.2, 0.25) is 0 Å². The molecule has 0 radical (unpaired) electrons. The van der Waals surface area contributed by atoms with Crippen molar-refractivity contribution in [2.24, 2.45) is 0 Å². The normalized spacial score (nSPS) is 11.4. The summed E-state index contributed by atoms with van der Waals surface area (Å²) in [6.07, 6.45) is 0. The maximum Gasteiger partial charge on any atom is 0.335 e. The Morgan fingerprint density at radius 3 is 2.48 bits per heavy atom. The number of sulfonamides is 1. The summed E-state index contributed by atoms with van der Waals surface area (Å²) in [7, 11) is -3.88. The minimum absolute atomic E-state index is 0.00536. The molecule has 2 aromatic rings. The molecule has 2 rings (SSSR count). The Kier molecular flexibility index (Phi) is 4.99. The van der Waals surface area contributed by atoms with Crippen molar-refractivity contribution in [3.8, 4) is 0 Å². The summed E-state index contributed by atoms with van der Waals surface area (Å²) in [4.78, 5) is 11.0. The second-order valence-electron chi connectivity index (χ2n) is 3.79. The summed E-state index contributed by atoms with van der Waals surface area (Å²) in [5.41, 5.74) is -0.0616. The molecule has 0 amide bonds. The fraction of sp³-hybridized carbons (Fsp3) is 0. The highest BCUT2D eigenvalue weighted by atomic mass is 79.9. The number of rotatable bonds is 4.